The highest BCUT2D eigenvalue weighted by atomic mass is 19.2. The van der Waals surface area contributed by atoms with Crippen LogP contribution in [0.25, 0.3) is 0 Å². The maximum absolute atomic E-state index is 13.9. The van der Waals surface area contributed by atoms with Crippen molar-refractivity contribution in [3.63, 3.8) is 0 Å². The standard InChI is InChI=1S/C27H40F5NO3/c1-4-5-6-7-8-9-10-11-12-13-14-15-16-17-36-27(35)25(18(2)3)33-26(34)19-20(28)22(30)24(32)23(31)21(19)29/h18,25H,4-17H2,1-3H3,(H,33,34). The van der Waals surface area contributed by atoms with Gasteiger partial charge in [0.15, 0.2) is 23.3 Å². The first-order valence-corrected chi connectivity index (χ1v) is 13.1. The highest BCUT2D eigenvalue weighted by Gasteiger charge is 2.33. The van der Waals surface area contributed by atoms with Crippen LogP contribution in [0.5, 0.6) is 0 Å². The van der Waals surface area contributed by atoms with Crippen LogP contribution in [0.4, 0.5) is 22.0 Å². The zero-order chi connectivity index (χ0) is 27.1. The molecule has 0 radical (unpaired) electrons. The van der Waals surface area contributed by atoms with Gasteiger partial charge < -0.3 is 10.1 Å². The van der Waals surface area contributed by atoms with E-state index in [1.165, 1.54) is 57.8 Å². The van der Waals surface area contributed by atoms with Crippen molar-refractivity contribution in [1.29, 1.82) is 0 Å². The molecule has 0 bridgehead atoms. The molecule has 36 heavy (non-hydrogen) atoms. The monoisotopic (exact) mass is 521 g/mol. The molecule has 0 saturated carbocycles. The Bertz CT molecular complexity index is 803. The van der Waals surface area contributed by atoms with E-state index in [9.17, 15) is 31.5 Å². The first-order valence-electron chi connectivity index (χ1n) is 13.1. The summed E-state index contributed by atoms with van der Waals surface area (Å²) in [6, 6.07) is -1.31. The van der Waals surface area contributed by atoms with Gasteiger partial charge in [-0.1, -0.05) is 97.8 Å². The first kappa shape index (κ1) is 31.8. The lowest BCUT2D eigenvalue weighted by Gasteiger charge is -2.21. The molecule has 0 aromatic heterocycles. The van der Waals surface area contributed by atoms with Crippen molar-refractivity contribution in [2.24, 2.45) is 5.92 Å². The van der Waals surface area contributed by atoms with Crippen molar-refractivity contribution in [1.82, 2.24) is 5.32 Å². The predicted octanol–water partition coefficient (Wildman–Crippen LogP) is 7.77. The summed E-state index contributed by atoms with van der Waals surface area (Å²) >= 11 is 0. The van der Waals surface area contributed by atoms with Gasteiger partial charge >= 0.3 is 5.97 Å². The van der Waals surface area contributed by atoms with E-state index in [0.717, 1.165) is 19.3 Å². The minimum absolute atomic E-state index is 0.109. The Morgan fingerprint density at radius 1 is 0.667 bits per heavy atom. The van der Waals surface area contributed by atoms with Gasteiger partial charge in [-0.15, -0.1) is 0 Å². The van der Waals surface area contributed by atoms with Gasteiger partial charge in [0.05, 0.1) is 6.61 Å². The lowest BCUT2D eigenvalue weighted by Crippen LogP contribution is -2.46. The summed E-state index contributed by atoms with van der Waals surface area (Å²) in [7, 11) is 0. The Morgan fingerprint density at radius 3 is 1.47 bits per heavy atom. The predicted molar refractivity (Wildman–Crippen MR) is 129 cm³/mol. The van der Waals surface area contributed by atoms with Crippen molar-refractivity contribution in [2.45, 2.75) is 110 Å². The van der Waals surface area contributed by atoms with Crippen LogP contribution in [0.2, 0.25) is 0 Å². The highest BCUT2D eigenvalue weighted by Crippen LogP contribution is 2.23. The molecule has 4 nitrogen and oxygen atoms in total. The van der Waals surface area contributed by atoms with Crippen LogP contribution in [0, 0.1) is 35.0 Å². The molecule has 1 aromatic rings. The van der Waals surface area contributed by atoms with Crippen molar-refractivity contribution in [2.75, 3.05) is 6.61 Å². The summed E-state index contributed by atoms with van der Waals surface area (Å²) in [5, 5.41) is 2.04. The summed E-state index contributed by atoms with van der Waals surface area (Å²) in [6.07, 6.45) is 15.1. The molecule has 0 spiro atoms. The Balaban J connectivity index is 2.35. The third-order valence-electron chi connectivity index (χ3n) is 6.14. The van der Waals surface area contributed by atoms with Crippen molar-refractivity contribution < 1.29 is 36.3 Å². The first-order chi connectivity index (χ1) is 17.1. The number of hydrogen-bond donors (Lipinski definition) is 1. The Morgan fingerprint density at radius 2 is 1.06 bits per heavy atom. The van der Waals surface area contributed by atoms with E-state index in [2.05, 4.69) is 6.92 Å². The lowest BCUT2D eigenvalue weighted by atomic mass is 10.0. The van der Waals surface area contributed by atoms with E-state index in [-0.39, 0.29) is 6.61 Å². The van der Waals surface area contributed by atoms with Gasteiger partial charge in [0.2, 0.25) is 5.82 Å². The molecule has 0 aliphatic carbocycles. The Kier molecular flexibility index (Phi) is 15.3. The number of halogens is 5. The van der Waals surface area contributed by atoms with Gasteiger partial charge in [0.25, 0.3) is 5.91 Å². The Hall–Kier alpha value is -2.19. The molecule has 1 N–H and O–H groups in total. The molecule has 206 valence electrons. The average molecular weight is 522 g/mol. The second-order valence-electron chi connectivity index (χ2n) is 9.55. The third kappa shape index (κ3) is 10.4. The maximum atomic E-state index is 13.9. The molecule has 1 atom stereocenters. The van der Waals surface area contributed by atoms with E-state index < -0.39 is 58.5 Å². The SMILES string of the molecule is CCCCCCCCCCCCCCCOC(=O)C(NC(=O)c1c(F)c(F)c(F)c(F)c1F)C(C)C. The second-order valence-corrected chi connectivity index (χ2v) is 9.55. The van der Waals surface area contributed by atoms with E-state index in [1.54, 1.807) is 13.8 Å². The van der Waals surface area contributed by atoms with Crippen LogP contribution in [0.15, 0.2) is 0 Å². The fraction of sp³-hybridized carbons (Fsp3) is 0.704. The van der Waals surface area contributed by atoms with Gasteiger partial charge in [-0.3, -0.25) is 4.79 Å². The molecule has 1 amide bonds. The number of benzene rings is 1. The smallest absolute Gasteiger partial charge is 0.328 e. The molecule has 1 unspecified atom stereocenters. The number of carbonyl (C=O) groups excluding carboxylic acids is 2. The van der Waals surface area contributed by atoms with E-state index in [0.29, 0.717) is 6.42 Å². The van der Waals surface area contributed by atoms with Crippen LogP contribution >= 0.6 is 0 Å². The van der Waals surface area contributed by atoms with Crippen molar-refractivity contribution in [3.8, 4) is 0 Å². The molecule has 0 saturated heterocycles. The van der Waals surface area contributed by atoms with Gasteiger partial charge in [-0.25, -0.2) is 26.7 Å². The molecular weight excluding hydrogens is 481 g/mol. The highest BCUT2D eigenvalue weighted by molar-refractivity contribution is 5.97. The number of unbranched alkanes of at least 4 members (excludes halogenated alkanes) is 12. The molecule has 0 aliphatic rings. The van der Waals surface area contributed by atoms with Gasteiger partial charge in [0, 0.05) is 0 Å². The number of hydrogen-bond acceptors (Lipinski definition) is 3. The third-order valence-corrected chi connectivity index (χ3v) is 6.14. The summed E-state index contributed by atoms with van der Waals surface area (Å²) in [4.78, 5) is 24.7. The molecule has 9 heteroatoms. The number of carbonyl (C=O) groups is 2. The van der Waals surface area contributed by atoms with Crippen LogP contribution < -0.4 is 5.32 Å². The molecule has 0 heterocycles. The lowest BCUT2D eigenvalue weighted by molar-refractivity contribution is -0.147. The van der Waals surface area contributed by atoms with Crippen LogP contribution in [0.1, 0.15) is 115 Å². The quantitative estimate of drug-likeness (QED) is 0.0706. The normalized spacial score (nSPS) is 12.1. The van der Waals surface area contributed by atoms with Gasteiger partial charge in [-0.05, 0) is 12.3 Å². The van der Waals surface area contributed by atoms with Gasteiger partial charge in [-0.2, -0.15) is 0 Å². The zero-order valence-electron chi connectivity index (χ0n) is 21.7. The maximum Gasteiger partial charge on any atom is 0.328 e. The number of ether oxygens (including phenoxy) is 1. The van der Waals surface area contributed by atoms with Crippen LogP contribution in [0.3, 0.4) is 0 Å². The molecule has 0 aliphatic heterocycles. The topological polar surface area (TPSA) is 55.4 Å². The van der Waals surface area contributed by atoms with E-state index in [4.69, 9.17) is 4.74 Å². The number of rotatable bonds is 18. The molecule has 1 rings (SSSR count). The minimum Gasteiger partial charge on any atom is -0.464 e. The second kappa shape index (κ2) is 17.3. The van der Waals surface area contributed by atoms with Gasteiger partial charge in [0.1, 0.15) is 11.6 Å². The average Bonchev–Trinajstić information content (AvgIpc) is 2.84. The Labute approximate surface area is 211 Å². The molecule has 1 aromatic carbocycles. The summed E-state index contributed by atoms with van der Waals surface area (Å²) in [5.41, 5.74) is -1.64. The largest absolute Gasteiger partial charge is 0.464 e. The van der Waals surface area contributed by atoms with Crippen molar-refractivity contribution >= 4 is 11.9 Å². The fourth-order valence-corrected chi connectivity index (χ4v) is 3.90. The van der Waals surface area contributed by atoms with Crippen molar-refractivity contribution in [3.05, 3.63) is 34.6 Å². The summed E-state index contributed by atoms with van der Waals surface area (Å²) in [6.45, 7) is 5.43. The summed E-state index contributed by atoms with van der Waals surface area (Å²) in [5.74, 6) is -14.3. The van der Waals surface area contributed by atoms with Crippen LogP contribution in [-0.2, 0) is 9.53 Å². The summed E-state index contributed by atoms with van der Waals surface area (Å²) < 4.78 is 73.0. The van der Waals surface area contributed by atoms with E-state index >= 15 is 0 Å². The zero-order valence-corrected chi connectivity index (χ0v) is 21.7. The number of esters is 1. The number of amides is 1. The number of nitrogens with one attached hydrogen (secondary N) is 1. The van der Waals surface area contributed by atoms with Crippen LogP contribution in [-0.4, -0.2) is 24.5 Å². The molecular formula is C27H40F5NO3. The minimum atomic E-state index is -2.36. The van der Waals surface area contributed by atoms with E-state index in [1.807, 2.05) is 5.32 Å². The fourth-order valence-electron chi connectivity index (χ4n) is 3.90. The molecule has 0 fully saturated rings.